The summed E-state index contributed by atoms with van der Waals surface area (Å²) in [5.74, 6) is 0. The smallest absolute Gasteiger partial charge is 0.136 e. The first kappa shape index (κ1) is 39.6. The molecule has 0 bridgehead atoms. The summed E-state index contributed by atoms with van der Waals surface area (Å²) in [5.41, 5.74) is 24.1. The highest BCUT2D eigenvalue weighted by Crippen LogP contribution is 2.53. The van der Waals surface area contributed by atoms with E-state index in [1.807, 2.05) is 24.4 Å². The lowest BCUT2D eigenvalue weighted by molar-refractivity contribution is 0.669. The van der Waals surface area contributed by atoms with Crippen LogP contribution in [0.15, 0.2) is 246 Å². The van der Waals surface area contributed by atoms with Gasteiger partial charge in [0.2, 0.25) is 0 Å². The van der Waals surface area contributed by atoms with Gasteiger partial charge < -0.3 is 9.84 Å². The van der Waals surface area contributed by atoms with E-state index in [0.29, 0.717) is 0 Å². The van der Waals surface area contributed by atoms with Crippen molar-refractivity contribution >= 4 is 55.5 Å². The maximum Gasteiger partial charge on any atom is 0.136 e. The van der Waals surface area contributed by atoms with Crippen LogP contribution in [0, 0.1) is 0 Å². The third-order valence-corrected chi connectivity index (χ3v) is 14.4. The number of nitrogens with one attached hydrogen (secondary N) is 1. The molecule has 0 saturated heterocycles. The zero-order chi connectivity index (χ0) is 45.3. The van der Waals surface area contributed by atoms with Crippen molar-refractivity contribution < 1.29 is 4.42 Å². The predicted molar refractivity (Wildman–Crippen MR) is 285 cm³/mol. The van der Waals surface area contributed by atoms with E-state index in [1.54, 1.807) is 0 Å². The molecular formula is C64H45N3O. The van der Waals surface area contributed by atoms with E-state index >= 15 is 0 Å². The normalized spacial score (nSPS) is 16.9. The van der Waals surface area contributed by atoms with E-state index in [4.69, 9.17) is 9.41 Å². The van der Waals surface area contributed by atoms with Crippen molar-refractivity contribution in [3.8, 4) is 44.5 Å². The first-order valence-electron chi connectivity index (χ1n) is 23.3. The highest BCUT2D eigenvalue weighted by Gasteiger charge is 2.40. The van der Waals surface area contributed by atoms with E-state index in [9.17, 15) is 0 Å². The summed E-state index contributed by atoms with van der Waals surface area (Å²) in [7, 11) is 0. The zero-order valence-corrected chi connectivity index (χ0v) is 37.5. The molecule has 0 fully saturated rings. The lowest BCUT2D eigenvalue weighted by atomic mass is 9.74. The van der Waals surface area contributed by atoms with Gasteiger partial charge in [-0.1, -0.05) is 183 Å². The van der Waals surface area contributed by atoms with Gasteiger partial charge in [0.05, 0.1) is 16.7 Å². The molecule has 2 atom stereocenters. The minimum Gasteiger partial charge on any atom is -0.456 e. The van der Waals surface area contributed by atoms with E-state index < -0.39 is 0 Å². The Balaban J connectivity index is 0.884. The molecule has 9 aromatic carbocycles. The number of rotatable bonds is 8. The van der Waals surface area contributed by atoms with Gasteiger partial charge in [0.1, 0.15) is 17.2 Å². The Hall–Kier alpha value is -8.73. The average molecular weight is 872 g/mol. The fourth-order valence-electron chi connectivity index (χ4n) is 11.1. The Morgan fingerprint density at radius 1 is 0.559 bits per heavy atom. The summed E-state index contributed by atoms with van der Waals surface area (Å²) in [4.78, 5) is 4.96. The second kappa shape index (κ2) is 15.7. The van der Waals surface area contributed by atoms with Gasteiger partial charge in [0.15, 0.2) is 0 Å². The number of aromatic nitrogens is 1. The number of fused-ring (bicyclic) bond motifs is 9. The number of allylic oxidation sites excluding steroid dienone is 3. The molecule has 322 valence electrons. The molecule has 0 amide bonds. The van der Waals surface area contributed by atoms with Crippen molar-refractivity contribution in [1.29, 1.82) is 0 Å². The largest absolute Gasteiger partial charge is 0.456 e. The van der Waals surface area contributed by atoms with Crippen LogP contribution in [0.1, 0.15) is 29.2 Å². The van der Waals surface area contributed by atoms with Crippen LogP contribution in [0.3, 0.4) is 0 Å². The van der Waals surface area contributed by atoms with Crippen molar-refractivity contribution in [1.82, 2.24) is 4.68 Å². The van der Waals surface area contributed by atoms with Gasteiger partial charge in [-0.3, -0.25) is 9.67 Å². The predicted octanol–water partition coefficient (Wildman–Crippen LogP) is 16.2. The number of nitrogens with zero attached hydrogens (tertiary/aromatic N) is 2. The van der Waals surface area contributed by atoms with Crippen molar-refractivity contribution in [2.24, 2.45) is 4.99 Å². The second-order valence-corrected chi connectivity index (χ2v) is 18.1. The molecule has 2 aromatic heterocycles. The summed E-state index contributed by atoms with van der Waals surface area (Å²) in [6.45, 7) is 6.62. The van der Waals surface area contributed by atoms with Crippen LogP contribution < -0.4 is 5.43 Å². The van der Waals surface area contributed by atoms with E-state index in [0.717, 1.165) is 71.9 Å². The zero-order valence-electron chi connectivity index (χ0n) is 37.5. The number of aliphatic imine (C=N–C) groups is 1. The van der Waals surface area contributed by atoms with E-state index in [-0.39, 0.29) is 11.5 Å². The maximum atomic E-state index is 6.60. The lowest BCUT2D eigenvalue weighted by Gasteiger charge is -2.28. The number of dihydropyridines is 1. The first-order chi connectivity index (χ1) is 33.5. The third-order valence-electron chi connectivity index (χ3n) is 14.4. The highest BCUT2D eigenvalue weighted by molar-refractivity contribution is 6.15. The Bertz CT molecular complexity index is 3910. The summed E-state index contributed by atoms with van der Waals surface area (Å²) < 4.78 is 8.83. The Morgan fingerprint density at radius 2 is 1.22 bits per heavy atom. The Labute approximate surface area is 395 Å². The molecule has 0 saturated carbocycles. The highest BCUT2D eigenvalue weighted by atomic mass is 16.3. The molecule has 2 aliphatic rings. The van der Waals surface area contributed by atoms with Crippen LogP contribution in [0.2, 0.25) is 0 Å². The Morgan fingerprint density at radius 3 is 2.07 bits per heavy atom. The average Bonchev–Trinajstić information content (AvgIpc) is 4.03. The van der Waals surface area contributed by atoms with Crippen LogP contribution in [0.4, 0.5) is 0 Å². The fourth-order valence-corrected chi connectivity index (χ4v) is 11.1. The molecule has 3 heterocycles. The number of hydrogen-bond acceptors (Lipinski definition) is 3. The van der Waals surface area contributed by atoms with Crippen molar-refractivity contribution in [3.63, 3.8) is 0 Å². The van der Waals surface area contributed by atoms with Crippen LogP contribution in [0.25, 0.3) is 93.8 Å². The van der Waals surface area contributed by atoms with Crippen molar-refractivity contribution in [2.75, 3.05) is 5.43 Å². The SMILES string of the molecule is C=C/C(=C1/N=CC=CC1Nn1c2ccccc2c2cc(-c3cccc4oc5ccc(-c6ccc7c(c6)-c6ccccc6C7(C)c6ccccc6)cc5c34)ccc21)c1ccc(-c2ccccc2)cc1. The van der Waals surface area contributed by atoms with Crippen LogP contribution in [0.5, 0.6) is 0 Å². The fraction of sp³-hybridized carbons (Fsp3) is 0.0469. The molecule has 0 spiro atoms. The van der Waals surface area contributed by atoms with Crippen LogP contribution in [-0.2, 0) is 5.41 Å². The van der Waals surface area contributed by atoms with Crippen molar-refractivity contribution in [3.05, 3.63) is 259 Å². The van der Waals surface area contributed by atoms with Gasteiger partial charge in [0.25, 0.3) is 0 Å². The van der Waals surface area contributed by atoms with Gasteiger partial charge in [-0.15, -0.1) is 0 Å². The van der Waals surface area contributed by atoms with Crippen LogP contribution in [-0.4, -0.2) is 16.9 Å². The number of furan rings is 1. The van der Waals surface area contributed by atoms with Gasteiger partial charge in [0, 0.05) is 38.7 Å². The number of para-hydroxylation sites is 1. The molecule has 1 aliphatic carbocycles. The minimum absolute atomic E-state index is 0.213. The standard InChI is InChI=1S/C64H45N3O/c1-3-48(43-29-27-42(28-30-43)41-16-6-4-7-17-41)63-57(24-15-37-65-63)66-67-58-25-13-11-21-51(58)53-40-46(32-35-59(53)67)49-22-14-26-61-62(49)54-39-45(33-36-60(54)68-61)44-31-34-56-52(38-44)50-20-10-12-23-55(50)64(56,2)47-18-8-5-9-19-47/h3-40,57,66H,1H2,2H3/b63-48-. The molecule has 68 heavy (non-hydrogen) atoms. The molecule has 1 N–H and O–H groups in total. The molecule has 13 rings (SSSR count). The molecule has 1 aliphatic heterocycles. The van der Waals surface area contributed by atoms with Gasteiger partial charge >= 0.3 is 0 Å². The molecule has 0 radical (unpaired) electrons. The summed E-state index contributed by atoms with van der Waals surface area (Å²) >= 11 is 0. The summed E-state index contributed by atoms with van der Waals surface area (Å²) in [6, 6.07) is 74.3. The Kier molecular flexibility index (Phi) is 9.16. The number of benzene rings is 9. The minimum atomic E-state index is -0.234. The van der Waals surface area contributed by atoms with Gasteiger partial charge in [-0.25, -0.2) is 0 Å². The van der Waals surface area contributed by atoms with Crippen LogP contribution >= 0.6 is 0 Å². The van der Waals surface area contributed by atoms with Gasteiger partial charge in [-0.05, 0) is 122 Å². The van der Waals surface area contributed by atoms with Gasteiger partial charge in [-0.2, -0.15) is 0 Å². The molecule has 2 unspecified atom stereocenters. The first-order valence-corrected chi connectivity index (χ1v) is 23.3. The molecule has 11 aromatic rings. The molecule has 4 nitrogen and oxygen atoms in total. The quantitative estimate of drug-likeness (QED) is 0.165. The third kappa shape index (κ3) is 6.18. The lowest BCUT2D eigenvalue weighted by Crippen LogP contribution is -2.29. The van der Waals surface area contributed by atoms with E-state index in [1.165, 1.54) is 49.9 Å². The molecule has 4 heteroatoms. The second-order valence-electron chi connectivity index (χ2n) is 18.1. The topological polar surface area (TPSA) is 42.5 Å². The maximum absolute atomic E-state index is 6.60. The molecular weight excluding hydrogens is 827 g/mol. The monoisotopic (exact) mass is 871 g/mol. The van der Waals surface area contributed by atoms with Crippen molar-refractivity contribution in [2.45, 2.75) is 18.4 Å². The summed E-state index contributed by atoms with van der Waals surface area (Å²) in [5, 5.41) is 4.54. The van der Waals surface area contributed by atoms with E-state index in [2.05, 4.69) is 230 Å². The number of hydrogen-bond donors (Lipinski definition) is 1. The summed E-state index contributed by atoms with van der Waals surface area (Å²) in [6.07, 6.45) is 7.97.